The Morgan fingerprint density at radius 2 is 1.29 bits per heavy atom. The van der Waals surface area contributed by atoms with Gasteiger partial charge in [-0.2, -0.15) is 30.7 Å². The van der Waals surface area contributed by atoms with Crippen LogP contribution in [0.25, 0.3) is 0 Å². The van der Waals surface area contributed by atoms with Crippen LogP contribution < -0.4 is 4.89 Å². The molecule has 0 heterocycles. The summed E-state index contributed by atoms with van der Waals surface area (Å²) in [5, 5.41) is 0. The fourth-order valence-electron chi connectivity index (χ4n) is 1.04. The van der Waals surface area contributed by atoms with Gasteiger partial charge in [0.15, 0.2) is 0 Å². The summed E-state index contributed by atoms with van der Waals surface area (Å²) in [7, 11) is -4.93. The smallest absolute Gasteiger partial charge is 0.229 e. The zero-order valence-electron chi connectivity index (χ0n) is 9.67. The first-order chi connectivity index (χ1) is 9.31. The number of sulfonamides is 1. The number of alkyl halides is 7. The molecule has 0 atom stereocenters. The van der Waals surface area contributed by atoms with E-state index in [1.807, 2.05) is 0 Å². The van der Waals surface area contributed by atoms with Crippen LogP contribution in [0.3, 0.4) is 0 Å². The molecule has 0 spiro atoms. The van der Waals surface area contributed by atoms with Gasteiger partial charge in [-0.15, -0.1) is 0 Å². The summed E-state index contributed by atoms with van der Waals surface area (Å²) in [5.74, 6) is -6.18. The first-order valence-corrected chi connectivity index (χ1v) is 6.37. The molecule has 1 N–H and O–H groups in total. The number of nitrogens with one attached hydrogen (secondary N) is 1. The van der Waals surface area contributed by atoms with E-state index in [1.165, 1.54) is 6.07 Å². The van der Waals surface area contributed by atoms with Crippen molar-refractivity contribution in [2.75, 3.05) is 0 Å². The number of benzene rings is 1. The molecule has 0 aromatic heterocycles. The molecule has 0 bridgehead atoms. The van der Waals surface area contributed by atoms with Gasteiger partial charge in [0.25, 0.3) is 10.0 Å². The van der Waals surface area contributed by atoms with Crippen molar-refractivity contribution in [3.63, 3.8) is 0 Å². The van der Waals surface area contributed by atoms with Gasteiger partial charge in [0, 0.05) is 0 Å². The molecule has 0 aliphatic rings. The molecule has 4 nitrogen and oxygen atoms in total. The van der Waals surface area contributed by atoms with E-state index in [2.05, 4.69) is 4.84 Å². The largest absolute Gasteiger partial charge is 0.460 e. The highest BCUT2D eigenvalue weighted by Gasteiger charge is 2.75. The Balaban J connectivity index is 3.04. The average molecular weight is 341 g/mol. The predicted molar refractivity (Wildman–Crippen MR) is 53.8 cm³/mol. The molecule has 0 unspecified atom stereocenters. The van der Waals surface area contributed by atoms with Crippen molar-refractivity contribution in [3.8, 4) is 0 Å². The van der Waals surface area contributed by atoms with Crippen LogP contribution in [0.5, 0.6) is 0 Å². The predicted octanol–water partition coefficient (Wildman–Crippen LogP) is 2.69. The van der Waals surface area contributed by atoms with Crippen LogP contribution in [0.2, 0.25) is 0 Å². The topological polar surface area (TPSA) is 55.4 Å². The summed E-state index contributed by atoms with van der Waals surface area (Å²) in [5.41, 5.74) is 0. The van der Waals surface area contributed by atoms with Gasteiger partial charge < -0.3 is 0 Å². The zero-order chi connectivity index (χ0) is 16.5. The quantitative estimate of drug-likeness (QED) is 0.677. The highest BCUT2D eigenvalue weighted by atomic mass is 32.2. The molecule has 0 amide bonds. The number of halogens is 7. The van der Waals surface area contributed by atoms with Crippen LogP contribution in [0.4, 0.5) is 30.7 Å². The Bertz CT molecular complexity index is 568. The van der Waals surface area contributed by atoms with Crippen molar-refractivity contribution in [2.24, 2.45) is 0 Å². The molecule has 0 aliphatic carbocycles. The highest BCUT2D eigenvalue weighted by molar-refractivity contribution is 7.89. The fraction of sp³-hybridized carbons (Fsp3) is 0.333. The van der Waals surface area contributed by atoms with E-state index in [4.69, 9.17) is 0 Å². The average Bonchev–Trinajstić information content (AvgIpc) is 2.34. The van der Waals surface area contributed by atoms with Gasteiger partial charge in [-0.25, -0.2) is 13.3 Å². The van der Waals surface area contributed by atoms with Gasteiger partial charge in [0.2, 0.25) is 0 Å². The van der Waals surface area contributed by atoms with Crippen molar-refractivity contribution >= 4 is 10.0 Å². The van der Waals surface area contributed by atoms with Crippen LogP contribution in [-0.2, 0) is 14.9 Å². The van der Waals surface area contributed by atoms with Crippen LogP contribution in [-0.4, -0.2) is 26.6 Å². The van der Waals surface area contributed by atoms with Crippen molar-refractivity contribution in [3.05, 3.63) is 30.3 Å². The monoisotopic (exact) mass is 341 g/mol. The zero-order valence-corrected chi connectivity index (χ0v) is 10.5. The van der Waals surface area contributed by atoms with E-state index in [0.29, 0.717) is 4.89 Å². The third-order valence-corrected chi connectivity index (χ3v) is 3.27. The maximum Gasteiger partial charge on any atom is 0.460 e. The third-order valence-electron chi connectivity index (χ3n) is 2.07. The van der Waals surface area contributed by atoms with E-state index in [0.717, 1.165) is 24.3 Å². The lowest BCUT2D eigenvalue weighted by Gasteiger charge is -2.28. The third kappa shape index (κ3) is 3.63. The minimum atomic E-state index is -6.54. The van der Waals surface area contributed by atoms with Crippen LogP contribution >= 0.6 is 0 Å². The second kappa shape index (κ2) is 5.42. The molecule has 120 valence electrons. The second-order valence-corrected chi connectivity index (χ2v) is 5.24. The summed E-state index contributed by atoms with van der Waals surface area (Å²) in [6.07, 6.45) is -13.1. The molecule has 0 fully saturated rings. The normalized spacial score (nSPS) is 14.2. The molecule has 1 aromatic rings. The first kappa shape index (κ1) is 17.7. The van der Waals surface area contributed by atoms with E-state index in [-0.39, 0.29) is 0 Å². The molecule has 1 aromatic carbocycles. The van der Waals surface area contributed by atoms with Crippen molar-refractivity contribution in [1.29, 1.82) is 0 Å². The lowest BCUT2D eigenvalue weighted by atomic mass is 10.3. The van der Waals surface area contributed by atoms with Gasteiger partial charge in [0.1, 0.15) is 0 Å². The molecular weight excluding hydrogens is 335 g/mol. The summed E-state index contributed by atoms with van der Waals surface area (Å²) < 4.78 is 109. The Labute approximate surface area is 113 Å². The Morgan fingerprint density at radius 3 is 1.67 bits per heavy atom. The molecule has 0 radical (unpaired) electrons. The molecular formula is C9H6F7NO3S. The van der Waals surface area contributed by atoms with E-state index < -0.39 is 33.1 Å². The lowest BCUT2D eigenvalue weighted by Crippen LogP contribution is -2.58. The van der Waals surface area contributed by atoms with Gasteiger partial charge >= 0.3 is 18.2 Å². The van der Waals surface area contributed by atoms with Gasteiger partial charge in [-0.3, -0.25) is 0 Å². The molecule has 0 aliphatic heterocycles. The molecule has 12 heteroatoms. The Kier molecular flexibility index (Phi) is 4.56. The van der Waals surface area contributed by atoms with Crippen molar-refractivity contribution in [1.82, 2.24) is 4.89 Å². The Hall–Kier alpha value is -1.40. The fourth-order valence-corrected chi connectivity index (χ4v) is 1.87. The number of hydrogen-bond donors (Lipinski definition) is 1. The summed E-state index contributed by atoms with van der Waals surface area (Å²) in [6, 6.07) is 5.33. The maximum atomic E-state index is 13.1. The summed E-state index contributed by atoms with van der Waals surface area (Å²) >= 11 is 0. The van der Waals surface area contributed by atoms with Crippen LogP contribution in [0.15, 0.2) is 35.2 Å². The minimum absolute atomic E-state index is 0.486. The minimum Gasteiger partial charge on any atom is -0.229 e. The van der Waals surface area contributed by atoms with Gasteiger partial charge in [0.05, 0.1) is 4.90 Å². The molecule has 0 saturated heterocycles. The van der Waals surface area contributed by atoms with E-state index in [9.17, 15) is 39.2 Å². The molecule has 21 heavy (non-hydrogen) atoms. The maximum absolute atomic E-state index is 13.1. The summed E-state index contributed by atoms with van der Waals surface area (Å²) in [4.78, 5) is 2.60. The van der Waals surface area contributed by atoms with Crippen LogP contribution in [0.1, 0.15) is 0 Å². The highest BCUT2D eigenvalue weighted by Crippen LogP contribution is 2.46. The van der Waals surface area contributed by atoms with Gasteiger partial charge in [-0.05, 0) is 12.1 Å². The van der Waals surface area contributed by atoms with Gasteiger partial charge in [-0.1, -0.05) is 23.1 Å². The van der Waals surface area contributed by atoms with Crippen molar-refractivity contribution < 1.29 is 44.0 Å². The van der Waals surface area contributed by atoms with E-state index in [1.54, 1.807) is 0 Å². The molecule has 0 saturated carbocycles. The number of hydrogen-bond acceptors (Lipinski definition) is 3. The molecule has 1 rings (SSSR count). The van der Waals surface area contributed by atoms with Crippen LogP contribution in [0, 0.1) is 0 Å². The summed E-state index contributed by atoms with van der Waals surface area (Å²) in [6.45, 7) is 0. The Morgan fingerprint density at radius 1 is 0.857 bits per heavy atom. The number of rotatable bonds is 4. The lowest BCUT2D eigenvalue weighted by molar-refractivity contribution is -0.437. The van der Waals surface area contributed by atoms with E-state index >= 15 is 0 Å². The standard InChI is InChI=1S/C9H6F7NO3S/c10-7(8(11,12)13,9(14,15)16)20-17-21(18,19)6-4-2-1-3-5-6/h1-5,17H. The second-order valence-electron chi connectivity index (χ2n) is 3.59. The SMILES string of the molecule is O=S(=O)(NOC(F)(C(F)(F)F)C(F)(F)F)c1ccccc1. The first-order valence-electron chi connectivity index (χ1n) is 4.88. The van der Waals surface area contributed by atoms with Crippen molar-refractivity contribution in [2.45, 2.75) is 23.1 Å².